The molecule has 0 atom stereocenters. The molecule has 1 aromatic rings. The number of hydrogen-bond donors (Lipinski definition) is 3. The van der Waals surface area contributed by atoms with Crippen molar-refractivity contribution >= 4 is 0 Å². The summed E-state index contributed by atoms with van der Waals surface area (Å²) in [6.45, 7) is 0.369. The van der Waals surface area contributed by atoms with E-state index in [-0.39, 0.29) is 5.41 Å². The number of phenols is 2. The van der Waals surface area contributed by atoms with Crippen molar-refractivity contribution in [3.05, 3.63) is 23.5 Å². The van der Waals surface area contributed by atoms with Crippen LogP contribution in [-0.4, -0.2) is 16.8 Å². The van der Waals surface area contributed by atoms with Gasteiger partial charge in [0.15, 0.2) is 17.3 Å². The van der Waals surface area contributed by atoms with Crippen molar-refractivity contribution in [1.82, 2.24) is 0 Å². The van der Waals surface area contributed by atoms with Gasteiger partial charge < -0.3 is 15.9 Å². The summed E-state index contributed by atoms with van der Waals surface area (Å²) in [5, 5.41) is 18.4. The van der Waals surface area contributed by atoms with E-state index in [1.165, 1.54) is 12.1 Å². The zero-order chi connectivity index (χ0) is 11.1. The zero-order valence-electron chi connectivity index (χ0n) is 8.33. The lowest BCUT2D eigenvalue weighted by atomic mass is 9.64. The number of phenolic OH excluding ortho intramolecular Hbond substituents is 2. The molecule has 1 aliphatic rings. The molecule has 0 amide bonds. The van der Waals surface area contributed by atoms with Gasteiger partial charge in [0.1, 0.15) is 0 Å². The van der Waals surface area contributed by atoms with Gasteiger partial charge in [-0.15, -0.1) is 0 Å². The fourth-order valence-corrected chi connectivity index (χ4v) is 2.15. The lowest BCUT2D eigenvalue weighted by Crippen LogP contribution is -2.42. The number of rotatable bonds is 2. The molecule has 1 fully saturated rings. The predicted octanol–water partition coefficient (Wildman–Crippen LogP) is 1.62. The summed E-state index contributed by atoms with van der Waals surface area (Å²) >= 11 is 0. The zero-order valence-corrected chi connectivity index (χ0v) is 8.33. The summed E-state index contributed by atoms with van der Waals surface area (Å²) in [5.41, 5.74) is 5.73. The Morgan fingerprint density at radius 2 is 2.00 bits per heavy atom. The van der Waals surface area contributed by atoms with E-state index in [0.29, 0.717) is 12.1 Å². The van der Waals surface area contributed by atoms with Crippen molar-refractivity contribution in [3.8, 4) is 11.5 Å². The summed E-state index contributed by atoms with van der Waals surface area (Å²) in [6, 6.07) is 2.82. The molecule has 0 heterocycles. The largest absolute Gasteiger partial charge is 0.504 e. The van der Waals surface area contributed by atoms with Crippen LogP contribution in [0.3, 0.4) is 0 Å². The summed E-state index contributed by atoms with van der Waals surface area (Å²) in [7, 11) is 0. The molecule has 1 saturated carbocycles. The van der Waals surface area contributed by atoms with E-state index in [4.69, 9.17) is 10.8 Å². The average Bonchev–Trinajstić information content (AvgIpc) is 2.17. The third kappa shape index (κ3) is 1.36. The second-order valence-corrected chi connectivity index (χ2v) is 4.13. The fourth-order valence-electron chi connectivity index (χ4n) is 2.15. The molecule has 0 unspecified atom stereocenters. The van der Waals surface area contributed by atoms with Crippen LogP contribution in [0.4, 0.5) is 4.39 Å². The molecule has 0 bridgehead atoms. The van der Waals surface area contributed by atoms with E-state index in [2.05, 4.69) is 0 Å². The second kappa shape index (κ2) is 3.38. The topological polar surface area (TPSA) is 66.5 Å². The van der Waals surface area contributed by atoms with Gasteiger partial charge in [0.2, 0.25) is 0 Å². The van der Waals surface area contributed by atoms with Crippen LogP contribution < -0.4 is 5.73 Å². The first-order valence-corrected chi connectivity index (χ1v) is 5.02. The number of benzene rings is 1. The summed E-state index contributed by atoms with van der Waals surface area (Å²) in [4.78, 5) is 0. The van der Waals surface area contributed by atoms with E-state index in [1.807, 2.05) is 0 Å². The van der Waals surface area contributed by atoms with Gasteiger partial charge in [-0.25, -0.2) is 4.39 Å². The van der Waals surface area contributed by atoms with Crippen LogP contribution in [0.25, 0.3) is 0 Å². The summed E-state index contributed by atoms with van der Waals surface area (Å²) < 4.78 is 13.7. The standard InChI is InChI=1S/C11H14FNO2/c12-9-7(2-3-8(14)10(9)15)11(6-13)4-1-5-11/h2-3,14-15H,1,4-6,13H2. The van der Waals surface area contributed by atoms with E-state index >= 15 is 0 Å². The van der Waals surface area contributed by atoms with E-state index in [0.717, 1.165) is 19.3 Å². The molecule has 0 aliphatic heterocycles. The maximum absolute atomic E-state index is 13.7. The molecule has 1 aromatic carbocycles. The van der Waals surface area contributed by atoms with Crippen LogP contribution in [-0.2, 0) is 5.41 Å². The third-order valence-electron chi connectivity index (χ3n) is 3.37. The van der Waals surface area contributed by atoms with Gasteiger partial charge in [-0.05, 0) is 24.5 Å². The van der Waals surface area contributed by atoms with Gasteiger partial charge in [0, 0.05) is 12.0 Å². The third-order valence-corrected chi connectivity index (χ3v) is 3.37. The van der Waals surface area contributed by atoms with Gasteiger partial charge in [0.25, 0.3) is 0 Å². The summed E-state index contributed by atoms with van der Waals surface area (Å²) in [6.07, 6.45) is 2.70. The van der Waals surface area contributed by atoms with Crippen molar-refractivity contribution in [3.63, 3.8) is 0 Å². The van der Waals surface area contributed by atoms with E-state index in [1.54, 1.807) is 0 Å². The monoisotopic (exact) mass is 211 g/mol. The number of nitrogens with two attached hydrogens (primary N) is 1. The molecule has 82 valence electrons. The molecular weight excluding hydrogens is 197 g/mol. The first-order valence-electron chi connectivity index (χ1n) is 5.02. The molecule has 0 radical (unpaired) electrons. The minimum atomic E-state index is -0.736. The fraction of sp³-hybridized carbons (Fsp3) is 0.455. The molecule has 4 heteroatoms. The highest BCUT2D eigenvalue weighted by atomic mass is 19.1. The Morgan fingerprint density at radius 1 is 1.33 bits per heavy atom. The molecule has 0 spiro atoms. The van der Waals surface area contributed by atoms with Crippen LogP contribution in [0.15, 0.2) is 12.1 Å². The molecule has 3 nitrogen and oxygen atoms in total. The van der Waals surface area contributed by atoms with Crippen LogP contribution in [0.1, 0.15) is 24.8 Å². The number of aromatic hydroxyl groups is 2. The van der Waals surface area contributed by atoms with Crippen LogP contribution >= 0.6 is 0 Å². The highest BCUT2D eigenvalue weighted by Gasteiger charge is 2.40. The average molecular weight is 211 g/mol. The first-order chi connectivity index (χ1) is 7.10. The summed E-state index contributed by atoms with van der Waals surface area (Å²) in [5.74, 6) is -1.84. The second-order valence-electron chi connectivity index (χ2n) is 4.13. The molecule has 0 aromatic heterocycles. The van der Waals surface area contributed by atoms with Gasteiger partial charge in [-0.1, -0.05) is 12.5 Å². The maximum Gasteiger partial charge on any atom is 0.194 e. The molecule has 0 saturated heterocycles. The van der Waals surface area contributed by atoms with Gasteiger partial charge in [0.05, 0.1) is 0 Å². The SMILES string of the molecule is NCC1(c2ccc(O)c(O)c2F)CCC1. The molecular formula is C11H14FNO2. The minimum Gasteiger partial charge on any atom is -0.504 e. The normalized spacial score (nSPS) is 18.5. The van der Waals surface area contributed by atoms with Gasteiger partial charge in [-0.2, -0.15) is 0 Å². The molecule has 4 N–H and O–H groups in total. The lowest BCUT2D eigenvalue weighted by molar-refractivity contribution is 0.241. The Labute approximate surface area is 87.3 Å². The number of halogens is 1. The van der Waals surface area contributed by atoms with Gasteiger partial charge in [-0.3, -0.25) is 0 Å². The van der Waals surface area contributed by atoms with Crippen LogP contribution in [0.2, 0.25) is 0 Å². The Kier molecular flexibility index (Phi) is 2.31. The lowest BCUT2D eigenvalue weighted by Gasteiger charge is -2.41. The molecule has 2 rings (SSSR count). The van der Waals surface area contributed by atoms with E-state index < -0.39 is 17.3 Å². The Balaban J connectivity index is 2.49. The Morgan fingerprint density at radius 3 is 2.47 bits per heavy atom. The van der Waals surface area contributed by atoms with Crippen molar-refractivity contribution in [1.29, 1.82) is 0 Å². The highest BCUT2D eigenvalue weighted by Crippen LogP contribution is 2.46. The minimum absolute atomic E-state index is 0.338. The Hall–Kier alpha value is -1.29. The molecule has 15 heavy (non-hydrogen) atoms. The highest BCUT2D eigenvalue weighted by molar-refractivity contribution is 5.45. The van der Waals surface area contributed by atoms with Crippen molar-refractivity contribution in [2.45, 2.75) is 24.7 Å². The first kappa shape index (κ1) is 10.2. The van der Waals surface area contributed by atoms with Crippen LogP contribution in [0.5, 0.6) is 11.5 Å². The van der Waals surface area contributed by atoms with Crippen molar-refractivity contribution in [2.24, 2.45) is 5.73 Å². The smallest absolute Gasteiger partial charge is 0.194 e. The molecule has 1 aliphatic carbocycles. The maximum atomic E-state index is 13.7. The van der Waals surface area contributed by atoms with Crippen molar-refractivity contribution < 1.29 is 14.6 Å². The van der Waals surface area contributed by atoms with E-state index in [9.17, 15) is 9.50 Å². The van der Waals surface area contributed by atoms with Crippen LogP contribution in [0, 0.1) is 5.82 Å². The predicted molar refractivity (Wildman–Crippen MR) is 54.3 cm³/mol. The Bertz CT molecular complexity index is 383. The quantitative estimate of drug-likeness (QED) is 0.651. The van der Waals surface area contributed by atoms with Gasteiger partial charge >= 0.3 is 0 Å². The van der Waals surface area contributed by atoms with Crippen molar-refractivity contribution in [2.75, 3.05) is 6.54 Å². The number of hydrogen-bond acceptors (Lipinski definition) is 3.